The second-order valence-corrected chi connectivity index (χ2v) is 7.66. The summed E-state index contributed by atoms with van der Waals surface area (Å²) in [6, 6.07) is -0.320. The number of carbonyl (C=O) groups excluding carboxylic acids is 2. The van der Waals surface area contributed by atoms with E-state index in [1.165, 1.54) is 4.90 Å². The summed E-state index contributed by atoms with van der Waals surface area (Å²) in [5, 5.41) is 2.73. The van der Waals surface area contributed by atoms with Gasteiger partial charge in [0.2, 0.25) is 11.8 Å². The van der Waals surface area contributed by atoms with Crippen LogP contribution in [0.15, 0.2) is 12.1 Å². The zero-order valence-electron chi connectivity index (χ0n) is 16.5. The van der Waals surface area contributed by atoms with Crippen molar-refractivity contribution in [3.05, 3.63) is 35.1 Å². The number of hydrogen-bond acceptors (Lipinski definition) is 4. The molecule has 1 aliphatic carbocycles. The molecule has 2 aliphatic rings. The molecule has 0 unspecified atom stereocenters. The Morgan fingerprint density at radius 1 is 1.20 bits per heavy atom. The van der Waals surface area contributed by atoms with Gasteiger partial charge in [-0.2, -0.15) is 0 Å². The van der Waals surface area contributed by atoms with Gasteiger partial charge < -0.3 is 20.7 Å². The summed E-state index contributed by atoms with van der Waals surface area (Å²) in [4.78, 5) is 26.4. The fraction of sp³-hybridized carbons (Fsp3) is 0.600. The highest BCUT2D eigenvalue weighted by Crippen LogP contribution is 2.22. The maximum Gasteiger partial charge on any atom is 0.245 e. The molecule has 1 saturated heterocycles. The third-order valence-corrected chi connectivity index (χ3v) is 5.45. The summed E-state index contributed by atoms with van der Waals surface area (Å²) >= 11 is 0. The predicted molar refractivity (Wildman–Crippen MR) is 107 cm³/mol. The molecule has 2 fully saturated rings. The standard InChI is InChI=1S/C20H26F3N3O3.ClH/c21-15-10-17(23)16(22)8-12(15)7-13(24)9-19(27)26-6-5-25-20(28)18(26)11-29-14-3-1-2-4-14;/h8,10,13-14,18H,1-7,9,11,24H2,(H,25,28);1H/t13-,18-;/m1./s1. The van der Waals surface area contributed by atoms with Crippen molar-refractivity contribution in [2.45, 2.75) is 56.7 Å². The number of halogens is 4. The van der Waals surface area contributed by atoms with Crippen LogP contribution in [0.3, 0.4) is 0 Å². The minimum Gasteiger partial charge on any atom is -0.376 e. The molecule has 1 aromatic carbocycles. The lowest BCUT2D eigenvalue weighted by Gasteiger charge is -2.36. The summed E-state index contributed by atoms with van der Waals surface area (Å²) in [6.07, 6.45) is 3.93. The summed E-state index contributed by atoms with van der Waals surface area (Å²) in [5.41, 5.74) is 5.87. The lowest BCUT2D eigenvalue weighted by Crippen LogP contribution is -2.59. The second kappa shape index (κ2) is 11.0. The van der Waals surface area contributed by atoms with Crippen molar-refractivity contribution >= 4 is 24.2 Å². The van der Waals surface area contributed by atoms with Crippen LogP contribution in [0.1, 0.15) is 37.7 Å². The molecule has 1 heterocycles. The van der Waals surface area contributed by atoms with Crippen molar-refractivity contribution in [3.63, 3.8) is 0 Å². The molecule has 0 spiro atoms. The van der Waals surface area contributed by atoms with Gasteiger partial charge in [-0.25, -0.2) is 13.2 Å². The topological polar surface area (TPSA) is 84.7 Å². The number of hydrogen-bond donors (Lipinski definition) is 2. The first-order chi connectivity index (χ1) is 13.8. The number of rotatable bonds is 7. The van der Waals surface area contributed by atoms with E-state index in [1.54, 1.807) is 0 Å². The fourth-order valence-electron chi connectivity index (χ4n) is 3.88. The lowest BCUT2D eigenvalue weighted by atomic mass is 10.0. The number of piperazine rings is 1. The molecule has 2 atom stereocenters. The number of amides is 2. The van der Waals surface area contributed by atoms with Crippen LogP contribution in [0.5, 0.6) is 0 Å². The molecule has 1 saturated carbocycles. The quantitative estimate of drug-likeness (QED) is 0.624. The Morgan fingerprint density at radius 2 is 1.87 bits per heavy atom. The van der Waals surface area contributed by atoms with Crippen LogP contribution >= 0.6 is 12.4 Å². The number of carbonyl (C=O) groups is 2. The molecule has 1 aromatic rings. The van der Waals surface area contributed by atoms with Crippen molar-refractivity contribution in [2.24, 2.45) is 5.73 Å². The van der Waals surface area contributed by atoms with Gasteiger partial charge in [0.25, 0.3) is 0 Å². The Morgan fingerprint density at radius 3 is 2.57 bits per heavy atom. The smallest absolute Gasteiger partial charge is 0.245 e. The molecule has 2 amide bonds. The van der Waals surface area contributed by atoms with E-state index >= 15 is 0 Å². The SMILES string of the molecule is Cl.N[C@@H](CC(=O)N1CCNC(=O)[C@H]1COC1CCCC1)Cc1cc(F)c(F)cc1F. The van der Waals surface area contributed by atoms with Crippen LogP contribution in [-0.2, 0) is 20.7 Å². The third-order valence-electron chi connectivity index (χ3n) is 5.45. The van der Waals surface area contributed by atoms with Gasteiger partial charge in [-0.05, 0) is 30.9 Å². The minimum absolute atomic E-state index is 0. The number of nitrogens with two attached hydrogens (primary N) is 1. The van der Waals surface area contributed by atoms with Crippen molar-refractivity contribution in [3.8, 4) is 0 Å². The van der Waals surface area contributed by atoms with Gasteiger partial charge in [-0.3, -0.25) is 9.59 Å². The third kappa shape index (κ3) is 6.09. The van der Waals surface area contributed by atoms with Gasteiger partial charge in [-0.15, -0.1) is 12.4 Å². The molecular formula is C20H27ClF3N3O3. The van der Waals surface area contributed by atoms with Gasteiger partial charge >= 0.3 is 0 Å². The highest BCUT2D eigenvalue weighted by molar-refractivity contribution is 5.89. The second-order valence-electron chi connectivity index (χ2n) is 7.66. The van der Waals surface area contributed by atoms with Crippen LogP contribution in [0.2, 0.25) is 0 Å². The van der Waals surface area contributed by atoms with Crippen molar-refractivity contribution in [1.29, 1.82) is 0 Å². The summed E-state index contributed by atoms with van der Waals surface area (Å²) in [7, 11) is 0. The zero-order valence-corrected chi connectivity index (χ0v) is 17.4. The molecule has 6 nitrogen and oxygen atoms in total. The lowest BCUT2D eigenvalue weighted by molar-refractivity contribution is -0.147. The van der Waals surface area contributed by atoms with E-state index in [9.17, 15) is 22.8 Å². The Balaban J connectivity index is 0.00000320. The molecule has 3 rings (SSSR count). The summed E-state index contributed by atoms with van der Waals surface area (Å²) in [5.74, 6) is -3.98. The molecule has 0 radical (unpaired) electrons. The van der Waals surface area contributed by atoms with E-state index in [0.717, 1.165) is 31.7 Å². The molecular weight excluding hydrogens is 423 g/mol. The average molecular weight is 450 g/mol. The van der Waals surface area contributed by atoms with E-state index in [1.807, 2.05) is 0 Å². The Bertz CT molecular complexity index is 762. The van der Waals surface area contributed by atoms with E-state index in [2.05, 4.69) is 5.32 Å². The minimum atomic E-state index is -1.28. The van der Waals surface area contributed by atoms with Crippen molar-refractivity contribution < 1.29 is 27.5 Å². The molecule has 3 N–H and O–H groups in total. The molecule has 10 heteroatoms. The van der Waals surface area contributed by atoms with Gasteiger partial charge in [0.05, 0.1) is 12.7 Å². The Kier molecular flexibility index (Phi) is 8.93. The van der Waals surface area contributed by atoms with Crippen molar-refractivity contribution in [1.82, 2.24) is 10.2 Å². The van der Waals surface area contributed by atoms with Gasteiger partial charge in [0, 0.05) is 31.6 Å². The maximum absolute atomic E-state index is 13.8. The van der Waals surface area contributed by atoms with Crippen LogP contribution in [0, 0.1) is 17.5 Å². The Hall–Kier alpha value is -1.84. The largest absolute Gasteiger partial charge is 0.376 e. The molecule has 30 heavy (non-hydrogen) atoms. The van der Waals surface area contributed by atoms with E-state index in [0.29, 0.717) is 19.2 Å². The summed E-state index contributed by atoms with van der Waals surface area (Å²) < 4.78 is 46.1. The first-order valence-corrected chi connectivity index (χ1v) is 9.93. The number of nitrogens with one attached hydrogen (secondary N) is 1. The van der Waals surface area contributed by atoms with E-state index < -0.39 is 29.5 Å². The highest BCUT2D eigenvalue weighted by Gasteiger charge is 2.34. The maximum atomic E-state index is 13.8. The molecule has 168 valence electrons. The monoisotopic (exact) mass is 449 g/mol. The van der Waals surface area contributed by atoms with Crippen LogP contribution in [-0.4, -0.2) is 54.6 Å². The Labute approximate surface area is 179 Å². The zero-order chi connectivity index (χ0) is 21.0. The highest BCUT2D eigenvalue weighted by atomic mass is 35.5. The fourth-order valence-corrected chi connectivity index (χ4v) is 3.88. The number of ether oxygens (including phenoxy) is 1. The number of benzene rings is 1. The average Bonchev–Trinajstić information content (AvgIpc) is 3.18. The molecule has 0 aromatic heterocycles. The first-order valence-electron chi connectivity index (χ1n) is 9.93. The normalized spacial score (nSPS) is 20.6. The van der Waals surface area contributed by atoms with Crippen molar-refractivity contribution in [2.75, 3.05) is 19.7 Å². The van der Waals surface area contributed by atoms with Gasteiger partial charge in [0.15, 0.2) is 11.6 Å². The predicted octanol–water partition coefficient (Wildman–Crippen LogP) is 2.07. The van der Waals surface area contributed by atoms with E-state index in [4.69, 9.17) is 10.5 Å². The number of nitrogens with zero attached hydrogens (tertiary/aromatic N) is 1. The molecule has 1 aliphatic heterocycles. The first kappa shape index (κ1) is 24.4. The van der Waals surface area contributed by atoms with Gasteiger partial charge in [0.1, 0.15) is 11.9 Å². The van der Waals surface area contributed by atoms with Crippen LogP contribution in [0.25, 0.3) is 0 Å². The van der Waals surface area contributed by atoms with E-state index in [-0.39, 0.29) is 55.3 Å². The van der Waals surface area contributed by atoms with Crippen LogP contribution < -0.4 is 11.1 Å². The van der Waals surface area contributed by atoms with Gasteiger partial charge in [-0.1, -0.05) is 12.8 Å². The van der Waals surface area contributed by atoms with Crippen LogP contribution in [0.4, 0.5) is 13.2 Å². The molecule has 0 bridgehead atoms. The summed E-state index contributed by atoms with van der Waals surface area (Å²) in [6.45, 7) is 0.780.